The van der Waals surface area contributed by atoms with Crippen LogP contribution in [0.1, 0.15) is 5.56 Å². The van der Waals surface area contributed by atoms with E-state index >= 15 is 0 Å². The highest BCUT2D eigenvalue weighted by atomic mass is 35.5. The van der Waals surface area contributed by atoms with Gasteiger partial charge in [-0.05, 0) is 54.4 Å². The zero-order chi connectivity index (χ0) is 22.4. The number of sulfonamides is 2. The number of halogens is 3. The van der Waals surface area contributed by atoms with Crippen molar-refractivity contribution in [1.82, 2.24) is 0 Å². The van der Waals surface area contributed by atoms with Gasteiger partial charge in [0.05, 0.1) is 25.7 Å². The van der Waals surface area contributed by atoms with Crippen LogP contribution in [-0.2, 0) is 26.5 Å². The number of nitrogens with one attached hydrogen (secondary N) is 1. The average Bonchev–Trinajstić information content (AvgIpc) is 3.16. The SMILES string of the molecule is O=S(=O)(Nc1ccc(S(=O)(=O)N2CCc3ccccc32)cc1)c1cc(Cl)c(Cl)cc1Cl. The summed E-state index contributed by atoms with van der Waals surface area (Å²) < 4.78 is 55.2. The van der Waals surface area contributed by atoms with Crippen molar-refractivity contribution in [1.29, 1.82) is 0 Å². The van der Waals surface area contributed by atoms with Crippen LogP contribution in [0.2, 0.25) is 15.1 Å². The molecule has 0 amide bonds. The van der Waals surface area contributed by atoms with E-state index in [1.807, 2.05) is 12.1 Å². The third kappa shape index (κ3) is 4.23. The average molecular weight is 518 g/mol. The fourth-order valence-corrected chi connectivity index (χ4v) is 6.86. The van der Waals surface area contributed by atoms with Crippen molar-refractivity contribution in [2.24, 2.45) is 0 Å². The molecule has 3 aromatic rings. The van der Waals surface area contributed by atoms with Gasteiger partial charge in [-0.15, -0.1) is 0 Å². The number of nitrogens with zero attached hydrogens (tertiary/aromatic N) is 1. The van der Waals surface area contributed by atoms with E-state index in [1.165, 1.54) is 34.6 Å². The lowest BCUT2D eigenvalue weighted by Gasteiger charge is -2.19. The smallest absolute Gasteiger partial charge is 0.264 e. The number of anilines is 2. The van der Waals surface area contributed by atoms with Crippen LogP contribution in [0.25, 0.3) is 0 Å². The molecule has 31 heavy (non-hydrogen) atoms. The maximum Gasteiger partial charge on any atom is 0.264 e. The van der Waals surface area contributed by atoms with Crippen molar-refractivity contribution in [2.45, 2.75) is 16.2 Å². The third-order valence-electron chi connectivity index (χ3n) is 4.80. The topological polar surface area (TPSA) is 83.5 Å². The molecule has 11 heteroatoms. The van der Waals surface area contributed by atoms with Gasteiger partial charge in [-0.1, -0.05) is 53.0 Å². The summed E-state index contributed by atoms with van der Waals surface area (Å²) in [5.41, 5.74) is 1.79. The molecule has 1 heterocycles. The standard InChI is InChI=1S/C20H15Cl3N2O4S2/c21-16-11-18(23)20(12-17(16)22)30(26,27)24-14-5-7-15(8-6-14)31(28,29)25-10-9-13-3-1-2-4-19(13)25/h1-8,11-12,24H,9-10H2. The Morgan fingerprint density at radius 2 is 1.45 bits per heavy atom. The Bertz CT molecular complexity index is 1380. The third-order valence-corrected chi connectivity index (χ3v) is 9.20. The molecule has 0 unspecified atom stereocenters. The highest BCUT2D eigenvalue weighted by Gasteiger charge is 2.30. The molecule has 0 saturated heterocycles. The molecule has 4 rings (SSSR count). The maximum absolute atomic E-state index is 13.1. The predicted molar refractivity (Wildman–Crippen MR) is 123 cm³/mol. The van der Waals surface area contributed by atoms with E-state index in [9.17, 15) is 16.8 Å². The summed E-state index contributed by atoms with van der Waals surface area (Å²) >= 11 is 17.8. The van der Waals surface area contributed by atoms with Crippen molar-refractivity contribution in [3.8, 4) is 0 Å². The summed E-state index contributed by atoms with van der Waals surface area (Å²) in [5, 5.41) is 0.0798. The van der Waals surface area contributed by atoms with E-state index < -0.39 is 20.0 Å². The zero-order valence-electron chi connectivity index (χ0n) is 15.7. The highest BCUT2D eigenvalue weighted by Crippen LogP contribution is 2.34. The molecule has 0 aromatic heterocycles. The Hall–Kier alpha value is -1.97. The predicted octanol–water partition coefficient (Wildman–Crippen LogP) is 5.20. The van der Waals surface area contributed by atoms with Gasteiger partial charge in [0.2, 0.25) is 0 Å². The first-order valence-corrected chi connectivity index (χ1v) is 13.0. The Labute approximate surface area is 195 Å². The molecule has 1 aliphatic heterocycles. The van der Waals surface area contributed by atoms with Crippen molar-refractivity contribution >= 4 is 66.2 Å². The molecule has 0 aliphatic carbocycles. The molecule has 162 valence electrons. The van der Waals surface area contributed by atoms with E-state index in [-0.39, 0.29) is 30.5 Å². The van der Waals surface area contributed by atoms with Crippen LogP contribution in [0.5, 0.6) is 0 Å². The molecule has 6 nitrogen and oxygen atoms in total. The molecule has 0 spiro atoms. The van der Waals surface area contributed by atoms with Crippen LogP contribution in [0.4, 0.5) is 11.4 Å². The van der Waals surface area contributed by atoms with E-state index in [0.717, 1.165) is 11.6 Å². The van der Waals surface area contributed by atoms with E-state index in [2.05, 4.69) is 4.72 Å². The van der Waals surface area contributed by atoms with Gasteiger partial charge in [0.25, 0.3) is 20.0 Å². The molecular weight excluding hydrogens is 503 g/mol. The second kappa shape index (κ2) is 8.18. The molecule has 1 N–H and O–H groups in total. The molecule has 0 fully saturated rings. The van der Waals surface area contributed by atoms with Gasteiger partial charge in [0.15, 0.2) is 0 Å². The molecule has 0 radical (unpaired) electrons. The van der Waals surface area contributed by atoms with Crippen LogP contribution >= 0.6 is 34.8 Å². The van der Waals surface area contributed by atoms with Gasteiger partial charge < -0.3 is 0 Å². The van der Waals surface area contributed by atoms with E-state index in [0.29, 0.717) is 18.7 Å². The minimum Gasteiger partial charge on any atom is -0.280 e. The molecular formula is C20H15Cl3N2O4S2. The van der Waals surface area contributed by atoms with Crippen LogP contribution in [0.3, 0.4) is 0 Å². The summed E-state index contributed by atoms with van der Waals surface area (Å²) in [6.45, 7) is 0.353. The van der Waals surface area contributed by atoms with E-state index in [4.69, 9.17) is 34.8 Å². The summed E-state index contributed by atoms with van der Waals surface area (Å²) in [7, 11) is -7.85. The molecule has 3 aromatic carbocycles. The maximum atomic E-state index is 13.1. The number of hydrogen-bond donors (Lipinski definition) is 1. The highest BCUT2D eigenvalue weighted by molar-refractivity contribution is 7.93. The summed E-state index contributed by atoms with van der Waals surface area (Å²) in [5.74, 6) is 0. The normalized spacial score (nSPS) is 13.8. The number of benzene rings is 3. The van der Waals surface area contributed by atoms with Gasteiger partial charge in [-0.25, -0.2) is 16.8 Å². The molecule has 0 bridgehead atoms. The summed E-state index contributed by atoms with van der Waals surface area (Å²) in [4.78, 5) is -0.186. The van der Waals surface area contributed by atoms with Crippen LogP contribution in [-0.4, -0.2) is 23.4 Å². The number of para-hydroxylation sites is 1. The largest absolute Gasteiger partial charge is 0.280 e. The lowest BCUT2D eigenvalue weighted by atomic mass is 10.2. The molecule has 0 saturated carbocycles. The second-order valence-electron chi connectivity index (χ2n) is 6.78. The van der Waals surface area contributed by atoms with Crippen LogP contribution in [0, 0.1) is 0 Å². The van der Waals surface area contributed by atoms with Crippen molar-refractivity contribution in [3.05, 3.63) is 81.3 Å². The monoisotopic (exact) mass is 516 g/mol. The van der Waals surface area contributed by atoms with Crippen molar-refractivity contribution in [2.75, 3.05) is 15.6 Å². The van der Waals surface area contributed by atoms with Gasteiger partial charge >= 0.3 is 0 Å². The first-order chi connectivity index (χ1) is 14.6. The lowest BCUT2D eigenvalue weighted by Crippen LogP contribution is -2.29. The number of fused-ring (bicyclic) bond motifs is 1. The minimum absolute atomic E-state index is 0.0405. The minimum atomic E-state index is -4.07. The number of rotatable bonds is 5. The quantitative estimate of drug-likeness (QED) is 0.472. The summed E-state index contributed by atoms with van der Waals surface area (Å²) in [6, 6.07) is 15.2. The molecule has 0 atom stereocenters. The van der Waals surface area contributed by atoms with Gasteiger partial charge in [-0.3, -0.25) is 9.03 Å². The van der Waals surface area contributed by atoms with Crippen molar-refractivity contribution in [3.63, 3.8) is 0 Å². The lowest BCUT2D eigenvalue weighted by molar-refractivity contribution is 0.592. The van der Waals surface area contributed by atoms with Crippen LogP contribution < -0.4 is 9.03 Å². The zero-order valence-corrected chi connectivity index (χ0v) is 19.6. The second-order valence-corrected chi connectivity index (χ2v) is 11.5. The fourth-order valence-electron chi connectivity index (χ4n) is 3.30. The van der Waals surface area contributed by atoms with Crippen LogP contribution in [0.15, 0.2) is 70.5 Å². The Morgan fingerprint density at radius 3 is 2.16 bits per heavy atom. The Morgan fingerprint density at radius 1 is 0.806 bits per heavy atom. The fraction of sp³-hybridized carbons (Fsp3) is 0.100. The molecule has 1 aliphatic rings. The summed E-state index contributed by atoms with van der Waals surface area (Å²) in [6.07, 6.45) is 0.637. The van der Waals surface area contributed by atoms with Gasteiger partial charge in [-0.2, -0.15) is 0 Å². The van der Waals surface area contributed by atoms with Gasteiger partial charge in [0.1, 0.15) is 4.90 Å². The van der Waals surface area contributed by atoms with Crippen molar-refractivity contribution < 1.29 is 16.8 Å². The number of hydrogen-bond acceptors (Lipinski definition) is 4. The first kappa shape index (κ1) is 22.2. The Balaban J connectivity index is 1.60. The Kier molecular flexibility index (Phi) is 5.87. The van der Waals surface area contributed by atoms with E-state index in [1.54, 1.807) is 12.1 Å². The van der Waals surface area contributed by atoms with Gasteiger partial charge in [0, 0.05) is 12.2 Å². The first-order valence-electron chi connectivity index (χ1n) is 8.98.